The number of carboxylic acid groups (broad SMARTS) is 1. The second kappa shape index (κ2) is 5.91. The zero-order valence-electron chi connectivity index (χ0n) is 8.59. The van der Waals surface area contributed by atoms with Gasteiger partial charge in [-0.05, 0) is 22.6 Å². The van der Waals surface area contributed by atoms with Gasteiger partial charge in [0.15, 0.2) is 0 Å². The molecule has 0 aliphatic heterocycles. The van der Waals surface area contributed by atoms with Crippen LogP contribution in [0, 0.1) is 3.70 Å². The summed E-state index contributed by atoms with van der Waals surface area (Å²) >= 11 is 7.12. The smallest absolute Gasteiger partial charge is 0.481 e. The average Bonchev–Trinajstić information content (AvgIpc) is 2.20. The molecule has 1 aromatic rings. The highest BCUT2D eigenvalue weighted by molar-refractivity contribution is 14.1. The minimum Gasteiger partial charge on any atom is -0.481 e. The third-order valence-corrected chi connectivity index (χ3v) is 2.94. The van der Waals surface area contributed by atoms with Gasteiger partial charge in [0.25, 0.3) is 0 Å². The fourth-order valence-corrected chi connectivity index (χ4v) is 2.06. The number of aromatic nitrogens is 1. The highest BCUT2D eigenvalue weighted by Gasteiger charge is 2.33. The van der Waals surface area contributed by atoms with Gasteiger partial charge in [0.1, 0.15) is 9.45 Å². The Morgan fingerprint density at radius 2 is 2.17 bits per heavy atom. The number of hydrogen-bond donors (Lipinski definition) is 1. The lowest BCUT2D eigenvalue weighted by Crippen LogP contribution is -2.20. The van der Waals surface area contributed by atoms with Crippen molar-refractivity contribution in [3.63, 3.8) is 0 Å². The second-order valence-corrected chi connectivity index (χ2v) is 4.42. The summed E-state index contributed by atoms with van der Waals surface area (Å²) in [4.78, 5) is 14.5. The Hall–Kier alpha value is -0.770. The van der Waals surface area contributed by atoms with Crippen molar-refractivity contribution in [1.82, 2.24) is 4.98 Å². The largest absolute Gasteiger partial charge is 0.573 e. The van der Waals surface area contributed by atoms with Crippen LogP contribution in [0.25, 0.3) is 0 Å². The molecular weight excluding hydrogens is 389 g/mol. The van der Waals surface area contributed by atoms with Gasteiger partial charge in [-0.25, -0.2) is 4.98 Å². The number of hydrogen-bond acceptors (Lipinski definition) is 3. The minimum absolute atomic E-state index is 0.0996. The molecule has 1 rings (SSSR count). The number of carbonyl (C=O) groups is 1. The molecule has 0 aliphatic rings. The number of alkyl halides is 4. The van der Waals surface area contributed by atoms with Gasteiger partial charge in [0.2, 0.25) is 0 Å². The van der Waals surface area contributed by atoms with Crippen LogP contribution in [0.2, 0.25) is 0 Å². The molecule has 0 amide bonds. The first-order valence-corrected chi connectivity index (χ1v) is 6.06. The lowest BCUT2D eigenvalue weighted by Gasteiger charge is -2.14. The Kier molecular flexibility index (Phi) is 5.02. The van der Waals surface area contributed by atoms with E-state index in [4.69, 9.17) is 16.7 Å². The molecule has 0 unspecified atom stereocenters. The van der Waals surface area contributed by atoms with E-state index in [1.54, 1.807) is 22.6 Å². The van der Waals surface area contributed by atoms with E-state index >= 15 is 0 Å². The summed E-state index contributed by atoms with van der Waals surface area (Å²) in [6.07, 6.45) is -5.51. The van der Waals surface area contributed by atoms with E-state index in [0.29, 0.717) is 0 Å². The van der Waals surface area contributed by atoms with Gasteiger partial charge < -0.3 is 9.84 Å². The van der Waals surface area contributed by atoms with Crippen LogP contribution in [0.15, 0.2) is 6.07 Å². The topological polar surface area (TPSA) is 59.4 Å². The van der Waals surface area contributed by atoms with Crippen molar-refractivity contribution in [1.29, 1.82) is 0 Å². The standard InChI is InChI=1S/C9H6ClF3INO3/c10-3-4-1-6(18-9(11,12)13)5(2-7(16)17)8(14)15-4/h1H,2-3H2,(H,16,17). The van der Waals surface area contributed by atoms with E-state index in [2.05, 4.69) is 9.72 Å². The van der Waals surface area contributed by atoms with E-state index in [0.717, 1.165) is 6.07 Å². The van der Waals surface area contributed by atoms with Crippen molar-refractivity contribution in [2.45, 2.75) is 18.7 Å². The summed E-state index contributed by atoms with van der Waals surface area (Å²) in [6.45, 7) is 0. The molecule has 0 atom stereocenters. The molecule has 0 bridgehead atoms. The predicted octanol–water partition coefficient (Wildman–Crippen LogP) is 2.95. The number of carboxylic acids is 1. The van der Waals surface area contributed by atoms with Crippen LogP contribution in [-0.4, -0.2) is 22.4 Å². The zero-order valence-corrected chi connectivity index (χ0v) is 11.5. The van der Waals surface area contributed by atoms with Gasteiger partial charge in [-0.3, -0.25) is 4.79 Å². The quantitative estimate of drug-likeness (QED) is 0.484. The van der Waals surface area contributed by atoms with Gasteiger partial charge in [-0.2, -0.15) is 0 Å². The molecule has 0 radical (unpaired) electrons. The van der Waals surface area contributed by atoms with E-state index in [1.165, 1.54) is 0 Å². The van der Waals surface area contributed by atoms with Crippen LogP contribution < -0.4 is 4.74 Å². The van der Waals surface area contributed by atoms with Crippen LogP contribution in [-0.2, 0) is 17.1 Å². The Bertz CT molecular complexity index is 467. The normalized spacial score (nSPS) is 11.4. The molecule has 0 spiro atoms. The molecule has 9 heteroatoms. The summed E-state index contributed by atoms with van der Waals surface area (Å²) in [7, 11) is 0. The van der Waals surface area contributed by atoms with Gasteiger partial charge >= 0.3 is 12.3 Å². The monoisotopic (exact) mass is 395 g/mol. The van der Waals surface area contributed by atoms with Crippen molar-refractivity contribution in [3.05, 3.63) is 21.0 Å². The van der Waals surface area contributed by atoms with Crippen molar-refractivity contribution >= 4 is 40.2 Å². The van der Waals surface area contributed by atoms with Crippen molar-refractivity contribution in [2.24, 2.45) is 0 Å². The van der Waals surface area contributed by atoms with Crippen LogP contribution in [0.3, 0.4) is 0 Å². The number of rotatable bonds is 4. The maximum absolute atomic E-state index is 12.2. The molecule has 18 heavy (non-hydrogen) atoms. The van der Waals surface area contributed by atoms with E-state index in [-0.39, 0.29) is 20.8 Å². The second-order valence-electron chi connectivity index (χ2n) is 3.13. The van der Waals surface area contributed by atoms with Crippen molar-refractivity contribution in [2.75, 3.05) is 0 Å². The fraction of sp³-hybridized carbons (Fsp3) is 0.333. The predicted molar refractivity (Wildman–Crippen MR) is 64.5 cm³/mol. The SMILES string of the molecule is O=C(O)Cc1c(OC(F)(F)F)cc(CCl)nc1I. The first-order valence-electron chi connectivity index (χ1n) is 4.44. The third kappa shape index (κ3) is 4.48. The Morgan fingerprint density at radius 3 is 2.61 bits per heavy atom. The van der Waals surface area contributed by atoms with E-state index in [1.807, 2.05) is 0 Å². The zero-order chi connectivity index (χ0) is 13.9. The van der Waals surface area contributed by atoms with E-state index in [9.17, 15) is 18.0 Å². The van der Waals surface area contributed by atoms with Crippen LogP contribution >= 0.6 is 34.2 Å². The summed E-state index contributed by atoms with van der Waals surface area (Å²) in [5, 5.41) is 8.65. The molecule has 0 saturated heterocycles. The Morgan fingerprint density at radius 1 is 1.56 bits per heavy atom. The first-order chi connectivity index (χ1) is 8.23. The lowest BCUT2D eigenvalue weighted by molar-refractivity contribution is -0.275. The molecule has 1 aromatic heterocycles. The number of nitrogens with zero attached hydrogens (tertiary/aromatic N) is 1. The third-order valence-electron chi connectivity index (χ3n) is 1.78. The van der Waals surface area contributed by atoms with Crippen molar-refractivity contribution in [3.8, 4) is 5.75 Å². The van der Waals surface area contributed by atoms with Crippen LogP contribution in [0.4, 0.5) is 13.2 Å². The maximum Gasteiger partial charge on any atom is 0.573 e. The molecule has 1 heterocycles. The first kappa shape index (κ1) is 15.3. The summed E-state index contributed by atoms with van der Waals surface area (Å²) in [5.41, 5.74) is 0.0451. The van der Waals surface area contributed by atoms with Gasteiger partial charge in [0, 0.05) is 11.6 Å². The highest BCUT2D eigenvalue weighted by Crippen LogP contribution is 2.30. The number of pyridine rings is 1. The molecule has 0 aromatic carbocycles. The molecule has 1 N–H and O–H groups in total. The molecule has 100 valence electrons. The minimum atomic E-state index is -4.90. The number of ether oxygens (including phenoxy) is 1. The van der Waals surface area contributed by atoms with Crippen LogP contribution in [0.5, 0.6) is 5.75 Å². The number of aliphatic carboxylic acids is 1. The number of halogens is 5. The van der Waals surface area contributed by atoms with Gasteiger partial charge in [0.05, 0.1) is 18.0 Å². The van der Waals surface area contributed by atoms with Gasteiger partial charge in [-0.1, -0.05) is 0 Å². The Balaban J connectivity index is 3.24. The highest BCUT2D eigenvalue weighted by atomic mass is 127. The van der Waals surface area contributed by atoms with Gasteiger partial charge in [-0.15, -0.1) is 24.8 Å². The average molecular weight is 396 g/mol. The summed E-state index contributed by atoms with van der Waals surface area (Å²) in [5.74, 6) is -1.96. The molecule has 0 fully saturated rings. The molecule has 4 nitrogen and oxygen atoms in total. The summed E-state index contributed by atoms with van der Waals surface area (Å²) < 4.78 is 40.5. The van der Waals surface area contributed by atoms with Crippen LogP contribution in [0.1, 0.15) is 11.3 Å². The maximum atomic E-state index is 12.2. The van der Waals surface area contributed by atoms with Crippen molar-refractivity contribution < 1.29 is 27.8 Å². The lowest BCUT2D eigenvalue weighted by atomic mass is 10.2. The molecule has 0 aliphatic carbocycles. The van der Waals surface area contributed by atoms with E-state index < -0.39 is 24.5 Å². The Labute approximate surface area is 118 Å². The fourth-order valence-electron chi connectivity index (χ4n) is 1.16. The molecular formula is C9H6ClF3INO3. The summed E-state index contributed by atoms with van der Waals surface area (Å²) in [6, 6.07) is 0.987. The molecule has 0 saturated carbocycles.